The molecule has 0 unspecified atom stereocenters. The zero-order valence-electron chi connectivity index (χ0n) is 12.0. The zero-order chi connectivity index (χ0) is 14.5. The third-order valence-corrected chi connectivity index (χ3v) is 3.21. The van der Waals surface area contributed by atoms with Gasteiger partial charge in [0.05, 0.1) is 6.54 Å². The van der Waals surface area contributed by atoms with Crippen LogP contribution in [0.25, 0.3) is 0 Å². The van der Waals surface area contributed by atoms with E-state index in [1.165, 1.54) is 6.42 Å². The molecule has 1 aliphatic rings. The number of likely N-dealkylation sites (N-methyl/N-ethyl adjacent to an activating group) is 1. The summed E-state index contributed by atoms with van der Waals surface area (Å²) in [5.74, 6) is 1.17. The van der Waals surface area contributed by atoms with Gasteiger partial charge in [-0.15, -0.1) is 0 Å². The van der Waals surface area contributed by atoms with Gasteiger partial charge in [0, 0.05) is 27.2 Å². The number of carbonyl (C=O) groups excluding carboxylic acids is 1. The van der Waals surface area contributed by atoms with Crippen LogP contribution in [0.4, 0.5) is 17.8 Å². The highest BCUT2D eigenvalue weighted by molar-refractivity contribution is 5.78. The molecule has 0 aliphatic carbocycles. The summed E-state index contributed by atoms with van der Waals surface area (Å²) >= 11 is 0. The number of nitrogens with zero attached hydrogens (tertiary/aromatic N) is 5. The van der Waals surface area contributed by atoms with Crippen LogP contribution in [0, 0.1) is 0 Å². The lowest BCUT2D eigenvalue weighted by Crippen LogP contribution is -2.34. The molecule has 8 heteroatoms. The van der Waals surface area contributed by atoms with Crippen LogP contribution in [0.3, 0.4) is 0 Å². The zero-order valence-corrected chi connectivity index (χ0v) is 12.0. The highest BCUT2D eigenvalue weighted by atomic mass is 16.1. The normalized spacial score (nSPS) is 15.0. The van der Waals surface area contributed by atoms with Crippen LogP contribution in [-0.4, -0.2) is 54.6 Å². The van der Waals surface area contributed by atoms with Crippen molar-refractivity contribution in [3.8, 4) is 0 Å². The molecule has 0 saturated carbocycles. The fourth-order valence-electron chi connectivity index (χ4n) is 2.18. The van der Waals surface area contributed by atoms with Crippen LogP contribution in [0.5, 0.6) is 0 Å². The lowest BCUT2D eigenvalue weighted by Gasteiger charge is -2.27. The molecule has 1 saturated heterocycles. The maximum atomic E-state index is 11.0. The predicted octanol–water partition coefficient (Wildman–Crippen LogP) is -0.175. The number of hydrogen-bond acceptors (Lipinski definition) is 7. The maximum Gasteiger partial charge on any atom is 0.237 e. The van der Waals surface area contributed by atoms with Gasteiger partial charge < -0.3 is 20.9 Å². The van der Waals surface area contributed by atoms with Crippen LogP contribution in [0.15, 0.2) is 0 Å². The molecule has 110 valence electrons. The Hall–Kier alpha value is -2.12. The van der Waals surface area contributed by atoms with Gasteiger partial charge in [-0.25, -0.2) is 0 Å². The Morgan fingerprint density at radius 1 is 1.30 bits per heavy atom. The van der Waals surface area contributed by atoms with E-state index >= 15 is 0 Å². The number of primary amides is 1. The van der Waals surface area contributed by atoms with Crippen molar-refractivity contribution in [1.29, 1.82) is 0 Å². The van der Waals surface area contributed by atoms with Gasteiger partial charge in [0.15, 0.2) is 0 Å². The number of nitrogens with one attached hydrogen (secondary N) is 1. The SMILES string of the molecule is CNc1nc(N(C)CC(N)=O)nc(N2CCCCC2)n1. The van der Waals surface area contributed by atoms with Gasteiger partial charge in [-0.05, 0) is 19.3 Å². The third-order valence-electron chi connectivity index (χ3n) is 3.21. The molecule has 1 fully saturated rings. The largest absolute Gasteiger partial charge is 0.368 e. The highest BCUT2D eigenvalue weighted by Crippen LogP contribution is 2.19. The lowest BCUT2D eigenvalue weighted by atomic mass is 10.1. The summed E-state index contributed by atoms with van der Waals surface area (Å²) in [6.45, 7) is 1.98. The fourth-order valence-corrected chi connectivity index (χ4v) is 2.18. The van der Waals surface area contributed by atoms with E-state index in [1.54, 1.807) is 19.0 Å². The van der Waals surface area contributed by atoms with E-state index in [0.29, 0.717) is 17.8 Å². The summed E-state index contributed by atoms with van der Waals surface area (Å²) in [5.41, 5.74) is 5.20. The van der Waals surface area contributed by atoms with Crippen molar-refractivity contribution >= 4 is 23.8 Å². The van der Waals surface area contributed by atoms with Crippen molar-refractivity contribution in [2.75, 3.05) is 48.8 Å². The monoisotopic (exact) mass is 279 g/mol. The summed E-state index contributed by atoms with van der Waals surface area (Å²) in [6.07, 6.45) is 3.54. The van der Waals surface area contributed by atoms with E-state index in [0.717, 1.165) is 25.9 Å². The van der Waals surface area contributed by atoms with E-state index < -0.39 is 5.91 Å². The summed E-state index contributed by atoms with van der Waals surface area (Å²) < 4.78 is 0. The molecular formula is C12H21N7O. The number of amides is 1. The van der Waals surface area contributed by atoms with Crippen molar-refractivity contribution in [2.45, 2.75) is 19.3 Å². The predicted molar refractivity (Wildman–Crippen MR) is 77.9 cm³/mol. The first-order valence-corrected chi connectivity index (χ1v) is 6.78. The first-order valence-electron chi connectivity index (χ1n) is 6.78. The van der Waals surface area contributed by atoms with Crippen LogP contribution < -0.4 is 20.9 Å². The minimum absolute atomic E-state index is 0.0760. The summed E-state index contributed by atoms with van der Waals surface area (Å²) in [4.78, 5) is 27.9. The third kappa shape index (κ3) is 3.46. The molecule has 2 heterocycles. The molecule has 3 N–H and O–H groups in total. The summed E-state index contributed by atoms with van der Waals surface area (Å²) in [7, 11) is 3.49. The van der Waals surface area contributed by atoms with Crippen LogP contribution in [-0.2, 0) is 4.79 Å². The number of hydrogen-bond donors (Lipinski definition) is 2. The van der Waals surface area contributed by atoms with Gasteiger partial charge in [-0.2, -0.15) is 15.0 Å². The van der Waals surface area contributed by atoms with Crippen molar-refractivity contribution in [1.82, 2.24) is 15.0 Å². The summed E-state index contributed by atoms with van der Waals surface area (Å²) in [6, 6.07) is 0. The van der Waals surface area contributed by atoms with Crippen LogP contribution in [0.2, 0.25) is 0 Å². The first kappa shape index (κ1) is 14.3. The Labute approximate surface area is 118 Å². The van der Waals surface area contributed by atoms with Crippen LogP contribution >= 0.6 is 0 Å². The Bertz CT molecular complexity index is 473. The molecule has 20 heavy (non-hydrogen) atoms. The topological polar surface area (TPSA) is 100 Å². The molecule has 0 aromatic carbocycles. The molecule has 8 nitrogen and oxygen atoms in total. The quantitative estimate of drug-likeness (QED) is 0.771. The number of carbonyl (C=O) groups is 1. The second-order valence-corrected chi connectivity index (χ2v) is 4.88. The van der Waals surface area contributed by atoms with E-state index in [2.05, 4.69) is 25.2 Å². The molecule has 1 aliphatic heterocycles. The Balaban J connectivity index is 2.25. The smallest absolute Gasteiger partial charge is 0.237 e. The van der Waals surface area contributed by atoms with Gasteiger partial charge >= 0.3 is 0 Å². The molecule has 0 radical (unpaired) electrons. The minimum Gasteiger partial charge on any atom is -0.368 e. The number of aromatic nitrogens is 3. The second kappa shape index (κ2) is 6.36. The lowest BCUT2D eigenvalue weighted by molar-refractivity contribution is -0.116. The second-order valence-electron chi connectivity index (χ2n) is 4.88. The van der Waals surface area contributed by atoms with Gasteiger partial charge in [0.25, 0.3) is 0 Å². The van der Waals surface area contributed by atoms with E-state index in [-0.39, 0.29) is 6.54 Å². The number of rotatable bonds is 5. The van der Waals surface area contributed by atoms with Gasteiger partial charge in [-0.3, -0.25) is 4.79 Å². The van der Waals surface area contributed by atoms with Gasteiger partial charge in [-0.1, -0.05) is 0 Å². The molecule has 0 spiro atoms. The van der Waals surface area contributed by atoms with Crippen molar-refractivity contribution in [3.63, 3.8) is 0 Å². The molecule has 0 bridgehead atoms. The molecule has 0 atom stereocenters. The van der Waals surface area contributed by atoms with E-state index in [4.69, 9.17) is 5.73 Å². The minimum atomic E-state index is -0.418. The average molecular weight is 279 g/mol. The van der Waals surface area contributed by atoms with Gasteiger partial charge in [0.1, 0.15) is 0 Å². The maximum absolute atomic E-state index is 11.0. The number of anilines is 3. The molecule has 2 rings (SSSR count). The number of piperidine rings is 1. The Morgan fingerprint density at radius 2 is 2.00 bits per heavy atom. The van der Waals surface area contributed by atoms with Crippen molar-refractivity contribution in [2.24, 2.45) is 5.73 Å². The summed E-state index contributed by atoms with van der Waals surface area (Å²) in [5, 5.41) is 2.92. The average Bonchev–Trinajstić information content (AvgIpc) is 2.47. The fraction of sp³-hybridized carbons (Fsp3) is 0.667. The molecule has 1 aromatic rings. The highest BCUT2D eigenvalue weighted by Gasteiger charge is 2.17. The van der Waals surface area contributed by atoms with E-state index in [9.17, 15) is 4.79 Å². The standard InChI is InChI=1S/C12H21N7O/c1-14-10-15-11(18(2)8-9(13)20)17-12(16-10)19-6-4-3-5-7-19/h3-8H2,1-2H3,(H2,13,20)(H,14,15,16,17). The van der Waals surface area contributed by atoms with Crippen molar-refractivity contribution in [3.05, 3.63) is 0 Å². The number of nitrogens with two attached hydrogens (primary N) is 1. The Morgan fingerprint density at radius 3 is 2.60 bits per heavy atom. The van der Waals surface area contributed by atoms with E-state index in [1.807, 2.05) is 0 Å². The van der Waals surface area contributed by atoms with Crippen molar-refractivity contribution < 1.29 is 4.79 Å². The molecular weight excluding hydrogens is 258 g/mol. The van der Waals surface area contributed by atoms with Gasteiger partial charge in [0.2, 0.25) is 23.8 Å². The molecule has 1 amide bonds. The first-order chi connectivity index (χ1) is 9.60. The molecule has 1 aromatic heterocycles. The Kier molecular flexibility index (Phi) is 4.54. The van der Waals surface area contributed by atoms with Crippen LogP contribution in [0.1, 0.15) is 19.3 Å².